The molecule has 0 aliphatic carbocycles. The first-order valence-corrected chi connectivity index (χ1v) is 3.41. The second kappa shape index (κ2) is 3.96. The van der Waals surface area contributed by atoms with Crippen LogP contribution in [0.15, 0.2) is 0 Å². The fourth-order valence-electron chi connectivity index (χ4n) is 0.222. The first-order chi connectivity index (χ1) is 3.63. The predicted octanol–water partition coefficient (Wildman–Crippen LogP) is -1.12. The molecule has 4 N–H and O–H groups in total. The fourth-order valence-corrected chi connectivity index (χ4v) is 0.665. The van der Waals surface area contributed by atoms with Gasteiger partial charge in [-0.1, -0.05) is 0 Å². The van der Waals surface area contributed by atoms with E-state index in [2.05, 4.69) is 0 Å². The van der Waals surface area contributed by atoms with Crippen molar-refractivity contribution in [2.45, 2.75) is 12.6 Å². The van der Waals surface area contributed by atoms with Crippen LogP contribution in [0.3, 0.4) is 0 Å². The molecule has 0 aliphatic heterocycles. The molecular formula is C3H9NO3S. The van der Waals surface area contributed by atoms with Crippen LogP contribution in [-0.4, -0.2) is 25.8 Å². The van der Waals surface area contributed by atoms with Crippen molar-refractivity contribution in [3.05, 3.63) is 0 Å². The van der Waals surface area contributed by atoms with Gasteiger partial charge in [-0.3, -0.25) is 0 Å². The third-order valence-corrected chi connectivity index (χ3v) is 1.17. The van der Waals surface area contributed by atoms with Crippen molar-refractivity contribution in [1.82, 2.24) is 0 Å². The molecule has 8 heavy (non-hydrogen) atoms. The number of rotatable bonds is 3. The van der Waals surface area contributed by atoms with E-state index < -0.39 is 17.3 Å². The highest BCUT2D eigenvalue weighted by atomic mass is 32.2. The summed E-state index contributed by atoms with van der Waals surface area (Å²) in [4.78, 5) is 0. The van der Waals surface area contributed by atoms with Crippen LogP contribution in [0.2, 0.25) is 0 Å². The van der Waals surface area contributed by atoms with E-state index in [1.54, 1.807) is 0 Å². The third-order valence-electron chi connectivity index (χ3n) is 0.588. The fraction of sp³-hybridized carbons (Fsp3) is 1.00. The van der Waals surface area contributed by atoms with Gasteiger partial charge in [-0.15, -0.1) is 0 Å². The maximum absolute atomic E-state index is 9.85. The maximum atomic E-state index is 9.85. The van der Waals surface area contributed by atoms with E-state index in [0.717, 1.165) is 0 Å². The predicted molar refractivity (Wildman–Crippen MR) is 30.4 cm³/mol. The summed E-state index contributed by atoms with van der Waals surface area (Å²) in [5.41, 5.74) is 4.85. The average molecular weight is 139 g/mol. The van der Waals surface area contributed by atoms with Gasteiger partial charge in [-0.05, 0) is 0 Å². The van der Waals surface area contributed by atoms with Crippen LogP contribution in [0.4, 0.5) is 0 Å². The van der Waals surface area contributed by atoms with E-state index in [0.29, 0.717) is 0 Å². The van der Waals surface area contributed by atoms with Gasteiger partial charge < -0.3 is 15.4 Å². The molecule has 0 aliphatic rings. The summed E-state index contributed by atoms with van der Waals surface area (Å²) in [6.45, 7) is 0. The van der Waals surface area contributed by atoms with E-state index in [4.69, 9.17) is 15.4 Å². The van der Waals surface area contributed by atoms with Crippen molar-refractivity contribution in [2.24, 2.45) is 5.73 Å². The minimum Gasteiger partial charge on any atom is -0.379 e. The normalized spacial score (nSPS) is 17.9. The molecule has 0 amide bonds. The van der Waals surface area contributed by atoms with Gasteiger partial charge in [-0.2, -0.15) is 0 Å². The number of hydrogen-bond donors (Lipinski definition) is 3. The van der Waals surface area contributed by atoms with E-state index in [9.17, 15) is 4.21 Å². The van der Waals surface area contributed by atoms with Gasteiger partial charge in [0, 0.05) is 6.42 Å². The molecule has 0 aromatic carbocycles. The van der Waals surface area contributed by atoms with Gasteiger partial charge in [0.2, 0.25) is 0 Å². The molecule has 0 heterocycles. The number of nitrogens with two attached hydrogens (primary N) is 1. The van der Waals surface area contributed by atoms with Gasteiger partial charge in [-0.25, -0.2) is 4.21 Å². The smallest absolute Gasteiger partial charge is 0.152 e. The Kier molecular flexibility index (Phi) is 3.98. The Balaban J connectivity index is 3.05. The lowest BCUT2D eigenvalue weighted by Gasteiger charge is -1.98. The summed E-state index contributed by atoms with van der Waals surface area (Å²) in [6, 6.07) is 0. The van der Waals surface area contributed by atoms with Crippen LogP contribution < -0.4 is 5.73 Å². The molecule has 0 fully saturated rings. The van der Waals surface area contributed by atoms with Gasteiger partial charge in [0.15, 0.2) is 11.1 Å². The second-order valence-corrected chi connectivity index (χ2v) is 2.43. The molecule has 0 aromatic rings. The summed E-state index contributed by atoms with van der Waals surface area (Å²) in [6.07, 6.45) is -0.797. The van der Waals surface area contributed by atoms with Crippen LogP contribution in [0.25, 0.3) is 0 Å². The molecule has 0 aromatic heterocycles. The molecule has 0 saturated heterocycles. The Morgan fingerprint density at radius 1 is 1.75 bits per heavy atom. The van der Waals surface area contributed by atoms with E-state index in [-0.39, 0.29) is 12.2 Å². The average Bonchev–Trinajstić information content (AvgIpc) is 1.61. The highest BCUT2D eigenvalue weighted by molar-refractivity contribution is 7.79. The Hall–Kier alpha value is 0.0300. The van der Waals surface area contributed by atoms with Gasteiger partial charge >= 0.3 is 0 Å². The van der Waals surface area contributed by atoms with Crippen molar-refractivity contribution in [1.29, 1.82) is 0 Å². The van der Waals surface area contributed by atoms with Crippen LogP contribution in [0, 0.1) is 0 Å². The summed E-state index contributed by atoms with van der Waals surface area (Å²) in [7, 11) is 0. The van der Waals surface area contributed by atoms with Crippen LogP contribution in [-0.2, 0) is 11.1 Å². The Morgan fingerprint density at radius 3 is 2.38 bits per heavy atom. The van der Waals surface area contributed by atoms with Crippen molar-refractivity contribution in [3.8, 4) is 0 Å². The lowest BCUT2D eigenvalue weighted by molar-refractivity contribution is 0.179. The lowest BCUT2D eigenvalue weighted by Crippen LogP contribution is -2.20. The maximum Gasteiger partial charge on any atom is 0.152 e. The zero-order valence-corrected chi connectivity index (χ0v) is 5.10. The molecule has 0 bridgehead atoms. The highest BCUT2D eigenvalue weighted by Crippen LogP contribution is 1.84. The molecule has 0 saturated carbocycles. The quantitative estimate of drug-likeness (QED) is 0.341. The molecular weight excluding hydrogens is 130 g/mol. The molecule has 0 spiro atoms. The SMILES string of the molecule is NC(O)CCS(=O)O. The molecule has 2 atom stereocenters. The summed E-state index contributed by atoms with van der Waals surface area (Å²) in [5, 5.41) is 8.33. The van der Waals surface area contributed by atoms with Crippen LogP contribution in [0.5, 0.6) is 0 Å². The molecule has 5 heteroatoms. The van der Waals surface area contributed by atoms with Gasteiger partial charge in [0.1, 0.15) is 6.23 Å². The van der Waals surface area contributed by atoms with Gasteiger partial charge in [0.05, 0.1) is 5.75 Å². The van der Waals surface area contributed by atoms with Crippen LogP contribution in [0.1, 0.15) is 6.42 Å². The Morgan fingerprint density at radius 2 is 2.25 bits per heavy atom. The lowest BCUT2D eigenvalue weighted by atomic mass is 10.4. The zero-order chi connectivity index (χ0) is 6.57. The minimum absolute atomic E-state index is 0.0394. The minimum atomic E-state index is -1.83. The molecule has 4 nitrogen and oxygen atoms in total. The number of aliphatic hydroxyl groups excluding tert-OH is 1. The molecule has 0 radical (unpaired) electrons. The summed E-state index contributed by atoms with van der Waals surface area (Å²) >= 11 is -1.83. The van der Waals surface area contributed by atoms with E-state index >= 15 is 0 Å². The summed E-state index contributed by atoms with van der Waals surface area (Å²) in [5.74, 6) is 0.0394. The zero-order valence-electron chi connectivity index (χ0n) is 4.28. The van der Waals surface area contributed by atoms with E-state index in [1.807, 2.05) is 0 Å². The molecule has 50 valence electrons. The van der Waals surface area contributed by atoms with Crippen molar-refractivity contribution in [3.63, 3.8) is 0 Å². The van der Waals surface area contributed by atoms with Crippen molar-refractivity contribution >= 4 is 11.1 Å². The molecule has 0 rings (SSSR count). The van der Waals surface area contributed by atoms with Gasteiger partial charge in [0.25, 0.3) is 0 Å². The number of hydrogen-bond acceptors (Lipinski definition) is 3. The largest absolute Gasteiger partial charge is 0.379 e. The summed E-state index contributed by atoms with van der Waals surface area (Å²) < 4.78 is 18.0. The first kappa shape index (κ1) is 8.03. The Bertz CT molecular complexity index is 84.6. The highest BCUT2D eigenvalue weighted by Gasteiger charge is 1.97. The third kappa shape index (κ3) is 6.03. The number of aliphatic hydroxyl groups is 1. The monoisotopic (exact) mass is 139 g/mol. The second-order valence-electron chi connectivity index (χ2n) is 1.38. The van der Waals surface area contributed by atoms with E-state index in [1.165, 1.54) is 0 Å². The van der Waals surface area contributed by atoms with Crippen molar-refractivity contribution < 1.29 is 13.9 Å². The van der Waals surface area contributed by atoms with Crippen molar-refractivity contribution in [2.75, 3.05) is 5.75 Å². The first-order valence-electron chi connectivity index (χ1n) is 2.14. The molecule has 2 unspecified atom stereocenters. The topological polar surface area (TPSA) is 83.5 Å². The standard InChI is InChI=1S/C3H9NO3S/c4-3(5)1-2-8(6)7/h3,5H,1-2,4H2,(H,6,7). The Labute approximate surface area is 50.0 Å². The van der Waals surface area contributed by atoms with Crippen LogP contribution >= 0.6 is 0 Å².